The molecule has 0 atom stereocenters. The summed E-state index contributed by atoms with van der Waals surface area (Å²) in [5, 5.41) is 9.56. The second kappa shape index (κ2) is 5.57. The van der Waals surface area contributed by atoms with Crippen LogP contribution in [0.5, 0.6) is 0 Å². The smallest absolute Gasteiger partial charge is 0.165 e. The lowest BCUT2D eigenvalue weighted by molar-refractivity contribution is 0.551. The number of benzene rings is 1. The summed E-state index contributed by atoms with van der Waals surface area (Å²) >= 11 is 6.32. The third-order valence-electron chi connectivity index (χ3n) is 3.67. The van der Waals surface area contributed by atoms with Gasteiger partial charge in [-0.2, -0.15) is 0 Å². The van der Waals surface area contributed by atoms with Crippen LogP contribution >= 0.6 is 11.6 Å². The molecule has 3 rings (SSSR count). The van der Waals surface area contributed by atoms with Crippen molar-refractivity contribution in [2.24, 2.45) is 11.8 Å². The average molecular weight is 290 g/mol. The van der Waals surface area contributed by atoms with Gasteiger partial charge in [0.05, 0.1) is 5.02 Å². The molecule has 0 radical (unpaired) electrons. The van der Waals surface area contributed by atoms with E-state index in [1.165, 1.54) is 12.8 Å². The molecule has 1 fully saturated rings. The SMILES string of the molecule is CC(C)Cc1nnc(-c2ccccc2Cl)n1CC1CC1. The van der Waals surface area contributed by atoms with Crippen LogP contribution in [0.25, 0.3) is 11.4 Å². The molecule has 0 unspecified atom stereocenters. The molecule has 3 nitrogen and oxygen atoms in total. The Kier molecular flexibility index (Phi) is 3.79. The molecule has 1 aliphatic rings. The Morgan fingerprint density at radius 1 is 1.25 bits per heavy atom. The zero-order chi connectivity index (χ0) is 14.1. The normalized spacial score (nSPS) is 15.0. The summed E-state index contributed by atoms with van der Waals surface area (Å²) in [6, 6.07) is 7.88. The predicted molar refractivity (Wildman–Crippen MR) is 81.7 cm³/mol. The Bertz CT molecular complexity index is 600. The Labute approximate surface area is 125 Å². The molecule has 0 N–H and O–H groups in total. The number of aromatic nitrogens is 3. The monoisotopic (exact) mass is 289 g/mol. The maximum Gasteiger partial charge on any atom is 0.165 e. The van der Waals surface area contributed by atoms with E-state index in [0.29, 0.717) is 5.92 Å². The molecule has 1 heterocycles. The topological polar surface area (TPSA) is 30.7 Å². The van der Waals surface area contributed by atoms with E-state index in [2.05, 4.69) is 28.6 Å². The molecule has 0 spiro atoms. The van der Waals surface area contributed by atoms with Crippen molar-refractivity contribution < 1.29 is 0 Å². The number of hydrogen-bond donors (Lipinski definition) is 0. The minimum Gasteiger partial charge on any atom is -0.311 e. The summed E-state index contributed by atoms with van der Waals surface area (Å²) < 4.78 is 2.28. The van der Waals surface area contributed by atoms with Crippen molar-refractivity contribution in [3.8, 4) is 11.4 Å². The molecule has 4 heteroatoms. The van der Waals surface area contributed by atoms with Crippen LogP contribution in [0, 0.1) is 11.8 Å². The van der Waals surface area contributed by atoms with Crippen molar-refractivity contribution in [1.82, 2.24) is 14.8 Å². The van der Waals surface area contributed by atoms with Crippen LogP contribution in [0.15, 0.2) is 24.3 Å². The molecule has 1 aromatic carbocycles. The van der Waals surface area contributed by atoms with Gasteiger partial charge in [-0.3, -0.25) is 0 Å². The Balaban J connectivity index is 2.01. The Morgan fingerprint density at radius 2 is 2.00 bits per heavy atom. The summed E-state index contributed by atoms with van der Waals surface area (Å²) in [6.07, 6.45) is 3.60. The van der Waals surface area contributed by atoms with Crippen LogP contribution in [-0.2, 0) is 13.0 Å². The first kappa shape index (κ1) is 13.6. The van der Waals surface area contributed by atoms with E-state index < -0.39 is 0 Å². The lowest BCUT2D eigenvalue weighted by Gasteiger charge is -2.11. The van der Waals surface area contributed by atoms with Gasteiger partial charge in [0.2, 0.25) is 0 Å². The fourth-order valence-corrected chi connectivity index (χ4v) is 2.66. The summed E-state index contributed by atoms with van der Waals surface area (Å²) in [6.45, 7) is 5.45. The van der Waals surface area contributed by atoms with Crippen molar-refractivity contribution >= 4 is 11.6 Å². The van der Waals surface area contributed by atoms with Crippen molar-refractivity contribution in [2.75, 3.05) is 0 Å². The van der Waals surface area contributed by atoms with E-state index in [1.54, 1.807) is 0 Å². The van der Waals surface area contributed by atoms with Crippen LogP contribution in [-0.4, -0.2) is 14.8 Å². The molecular weight excluding hydrogens is 270 g/mol. The first-order valence-corrected chi connectivity index (χ1v) is 7.70. The van der Waals surface area contributed by atoms with Crippen LogP contribution in [0.1, 0.15) is 32.5 Å². The summed E-state index contributed by atoms with van der Waals surface area (Å²) in [5.74, 6) is 3.37. The third kappa shape index (κ3) is 2.88. The minimum absolute atomic E-state index is 0.580. The van der Waals surface area contributed by atoms with Gasteiger partial charge in [0.1, 0.15) is 5.82 Å². The second-order valence-electron chi connectivity index (χ2n) is 6.07. The molecule has 0 amide bonds. The van der Waals surface area contributed by atoms with Crippen molar-refractivity contribution in [3.05, 3.63) is 35.1 Å². The highest BCUT2D eigenvalue weighted by molar-refractivity contribution is 6.33. The van der Waals surface area contributed by atoms with Crippen LogP contribution in [0.4, 0.5) is 0 Å². The van der Waals surface area contributed by atoms with Gasteiger partial charge in [-0.05, 0) is 36.8 Å². The largest absolute Gasteiger partial charge is 0.311 e. The fraction of sp³-hybridized carbons (Fsp3) is 0.500. The Hall–Kier alpha value is -1.35. The summed E-state index contributed by atoms with van der Waals surface area (Å²) in [4.78, 5) is 0. The van der Waals surface area contributed by atoms with Gasteiger partial charge in [0.15, 0.2) is 5.82 Å². The van der Waals surface area contributed by atoms with Crippen LogP contribution in [0.3, 0.4) is 0 Å². The van der Waals surface area contributed by atoms with E-state index >= 15 is 0 Å². The van der Waals surface area contributed by atoms with Crippen molar-refractivity contribution in [1.29, 1.82) is 0 Å². The standard InChI is InChI=1S/C16H20ClN3/c1-11(2)9-15-18-19-16(20(15)10-12-7-8-12)13-5-3-4-6-14(13)17/h3-6,11-12H,7-10H2,1-2H3. The molecule has 1 aliphatic carbocycles. The molecule has 1 saturated carbocycles. The van der Waals surface area contributed by atoms with Gasteiger partial charge < -0.3 is 4.57 Å². The molecular formula is C16H20ClN3. The van der Waals surface area contributed by atoms with E-state index in [1.807, 2.05) is 24.3 Å². The van der Waals surface area contributed by atoms with Gasteiger partial charge >= 0.3 is 0 Å². The lowest BCUT2D eigenvalue weighted by Crippen LogP contribution is -2.09. The van der Waals surface area contributed by atoms with Crippen molar-refractivity contribution in [3.63, 3.8) is 0 Å². The van der Waals surface area contributed by atoms with Crippen molar-refractivity contribution in [2.45, 2.75) is 39.7 Å². The maximum atomic E-state index is 6.32. The van der Waals surface area contributed by atoms with E-state index in [-0.39, 0.29) is 0 Å². The summed E-state index contributed by atoms with van der Waals surface area (Å²) in [5.41, 5.74) is 0.984. The molecule has 0 bridgehead atoms. The first-order valence-electron chi connectivity index (χ1n) is 7.32. The van der Waals surface area contributed by atoms with Gasteiger partial charge in [-0.25, -0.2) is 0 Å². The van der Waals surface area contributed by atoms with E-state index in [0.717, 1.165) is 41.1 Å². The highest BCUT2D eigenvalue weighted by Crippen LogP contribution is 2.34. The zero-order valence-corrected chi connectivity index (χ0v) is 12.8. The van der Waals surface area contributed by atoms with Gasteiger partial charge in [-0.15, -0.1) is 10.2 Å². The predicted octanol–water partition coefficient (Wildman–Crippen LogP) is 4.21. The number of hydrogen-bond acceptors (Lipinski definition) is 2. The molecule has 2 aromatic rings. The molecule has 0 aliphatic heterocycles. The van der Waals surface area contributed by atoms with Gasteiger partial charge in [0, 0.05) is 18.5 Å². The number of rotatable bonds is 5. The average Bonchev–Trinajstić information content (AvgIpc) is 3.14. The summed E-state index contributed by atoms with van der Waals surface area (Å²) in [7, 11) is 0. The highest BCUT2D eigenvalue weighted by Gasteiger charge is 2.26. The lowest BCUT2D eigenvalue weighted by atomic mass is 10.1. The van der Waals surface area contributed by atoms with E-state index in [4.69, 9.17) is 11.6 Å². The first-order chi connectivity index (χ1) is 9.65. The maximum absolute atomic E-state index is 6.32. The second-order valence-corrected chi connectivity index (χ2v) is 6.48. The fourth-order valence-electron chi connectivity index (χ4n) is 2.44. The molecule has 0 saturated heterocycles. The van der Waals surface area contributed by atoms with Gasteiger partial charge in [0.25, 0.3) is 0 Å². The number of nitrogens with zero attached hydrogens (tertiary/aromatic N) is 3. The Morgan fingerprint density at radius 3 is 2.65 bits per heavy atom. The van der Waals surface area contributed by atoms with E-state index in [9.17, 15) is 0 Å². The van der Waals surface area contributed by atoms with Crippen LogP contribution < -0.4 is 0 Å². The number of halogens is 1. The third-order valence-corrected chi connectivity index (χ3v) is 4.00. The zero-order valence-electron chi connectivity index (χ0n) is 12.0. The molecule has 1 aromatic heterocycles. The molecule has 106 valence electrons. The van der Waals surface area contributed by atoms with Crippen LogP contribution in [0.2, 0.25) is 5.02 Å². The molecule has 20 heavy (non-hydrogen) atoms. The quantitative estimate of drug-likeness (QED) is 0.825. The van der Waals surface area contributed by atoms with Gasteiger partial charge in [-0.1, -0.05) is 37.6 Å². The minimum atomic E-state index is 0.580. The highest BCUT2D eigenvalue weighted by atomic mass is 35.5.